The second-order valence-electron chi connectivity index (χ2n) is 5.56. The highest BCUT2D eigenvalue weighted by Gasteiger charge is 2.43. The Morgan fingerprint density at radius 1 is 1.52 bits per heavy atom. The number of ether oxygens (including phenoxy) is 1. The van der Waals surface area contributed by atoms with Gasteiger partial charge in [0, 0.05) is 26.8 Å². The lowest BCUT2D eigenvalue weighted by molar-refractivity contribution is -0.156. The van der Waals surface area contributed by atoms with Crippen LogP contribution < -0.4 is 0 Å². The molecule has 1 aromatic heterocycles. The number of likely N-dealkylation sites (tertiary alicyclic amines) is 1. The standard InChI is InChI=1S/C15H21NO4S/c1-20-7-5-15(14(18)19)4-2-6-16(11-15)13(17)9-12-3-8-21-10-12/h3,8,10H,2,4-7,9,11H2,1H3,(H,18,19)/t15-/m0/s1. The molecule has 0 aromatic carbocycles. The lowest BCUT2D eigenvalue weighted by Gasteiger charge is -2.40. The minimum atomic E-state index is -0.863. The highest BCUT2D eigenvalue weighted by atomic mass is 32.1. The van der Waals surface area contributed by atoms with E-state index in [1.165, 1.54) is 0 Å². The van der Waals surface area contributed by atoms with E-state index in [4.69, 9.17) is 4.74 Å². The number of hydrogen-bond donors (Lipinski definition) is 1. The van der Waals surface area contributed by atoms with Gasteiger partial charge in [-0.25, -0.2) is 0 Å². The maximum Gasteiger partial charge on any atom is 0.311 e. The van der Waals surface area contributed by atoms with Gasteiger partial charge in [0.05, 0.1) is 11.8 Å². The maximum absolute atomic E-state index is 12.4. The van der Waals surface area contributed by atoms with Crippen molar-refractivity contribution in [2.24, 2.45) is 5.41 Å². The number of methoxy groups -OCH3 is 1. The number of aliphatic carboxylic acids is 1. The minimum absolute atomic E-state index is 0.0103. The number of carboxylic acid groups (broad SMARTS) is 1. The van der Waals surface area contributed by atoms with Crippen LogP contribution in [-0.2, 0) is 20.7 Å². The Balaban J connectivity index is 2.04. The Hall–Kier alpha value is -1.40. The second-order valence-corrected chi connectivity index (χ2v) is 6.34. The molecule has 0 radical (unpaired) electrons. The van der Waals surface area contributed by atoms with Gasteiger partial charge in [-0.2, -0.15) is 11.3 Å². The van der Waals surface area contributed by atoms with Crippen molar-refractivity contribution >= 4 is 23.2 Å². The van der Waals surface area contributed by atoms with Crippen LogP contribution in [0.2, 0.25) is 0 Å². The van der Waals surface area contributed by atoms with E-state index in [1.807, 2.05) is 16.8 Å². The molecule has 1 fully saturated rings. The Bertz CT molecular complexity index is 488. The van der Waals surface area contributed by atoms with Crippen molar-refractivity contribution in [3.63, 3.8) is 0 Å². The Morgan fingerprint density at radius 3 is 2.95 bits per heavy atom. The number of thiophene rings is 1. The van der Waals surface area contributed by atoms with Crippen LogP contribution in [0, 0.1) is 5.41 Å². The van der Waals surface area contributed by atoms with Crippen LogP contribution in [-0.4, -0.2) is 48.7 Å². The highest BCUT2D eigenvalue weighted by molar-refractivity contribution is 7.07. The first-order valence-electron chi connectivity index (χ1n) is 7.08. The topological polar surface area (TPSA) is 66.8 Å². The average molecular weight is 311 g/mol. The van der Waals surface area contributed by atoms with Crippen molar-refractivity contribution in [3.8, 4) is 0 Å². The van der Waals surface area contributed by atoms with Gasteiger partial charge in [-0.05, 0) is 41.7 Å². The van der Waals surface area contributed by atoms with Crippen LogP contribution in [0.4, 0.5) is 0 Å². The summed E-state index contributed by atoms with van der Waals surface area (Å²) in [6.07, 6.45) is 2.13. The quantitative estimate of drug-likeness (QED) is 0.873. The molecule has 6 heteroatoms. The van der Waals surface area contributed by atoms with Crippen LogP contribution in [0.3, 0.4) is 0 Å². The van der Waals surface area contributed by atoms with Crippen molar-refractivity contribution in [1.82, 2.24) is 4.90 Å². The molecule has 1 atom stereocenters. The summed E-state index contributed by atoms with van der Waals surface area (Å²) in [5.74, 6) is -0.816. The fourth-order valence-corrected chi connectivity index (χ4v) is 3.48. The summed E-state index contributed by atoms with van der Waals surface area (Å²) in [5.41, 5.74) is 0.131. The number of carboxylic acids is 1. The van der Waals surface area contributed by atoms with Crippen molar-refractivity contribution in [2.75, 3.05) is 26.8 Å². The fourth-order valence-electron chi connectivity index (χ4n) is 2.81. The molecule has 2 heterocycles. The van der Waals surface area contributed by atoms with E-state index in [0.717, 1.165) is 12.0 Å². The number of nitrogens with zero attached hydrogens (tertiary/aromatic N) is 1. The fraction of sp³-hybridized carbons (Fsp3) is 0.600. The first-order chi connectivity index (χ1) is 10.1. The Labute approximate surface area is 128 Å². The van der Waals surface area contributed by atoms with Gasteiger partial charge in [0.2, 0.25) is 5.91 Å². The molecule has 116 valence electrons. The molecular formula is C15H21NO4S. The number of piperidine rings is 1. The number of amides is 1. The molecule has 1 amide bonds. The van der Waals surface area contributed by atoms with Gasteiger partial charge in [-0.1, -0.05) is 0 Å². The van der Waals surface area contributed by atoms with E-state index in [2.05, 4.69) is 0 Å². The Kier molecular flexibility index (Phi) is 5.36. The van der Waals surface area contributed by atoms with Crippen LogP contribution in [0.15, 0.2) is 16.8 Å². The summed E-state index contributed by atoms with van der Waals surface area (Å²) in [5, 5.41) is 13.5. The van der Waals surface area contributed by atoms with Gasteiger partial charge in [0.25, 0.3) is 0 Å². The third-order valence-corrected chi connectivity index (χ3v) is 4.84. The smallest absolute Gasteiger partial charge is 0.311 e. The third-order valence-electron chi connectivity index (χ3n) is 4.10. The van der Waals surface area contributed by atoms with Gasteiger partial charge in [-0.15, -0.1) is 0 Å². The first-order valence-corrected chi connectivity index (χ1v) is 8.03. The maximum atomic E-state index is 12.4. The zero-order valence-electron chi connectivity index (χ0n) is 12.2. The van der Waals surface area contributed by atoms with E-state index in [0.29, 0.717) is 32.4 Å². The molecule has 1 aliphatic rings. The van der Waals surface area contributed by atoms with Crippen LogP contribution >= 0.6 is 11.3 Å². The van der Waals surface area contributed by atoms with Crippen LogP contribution in [0.1, 0.15) is 24.8 Å². The monoisotopic (exact) mass is 311 g/mol. The molecule has 1 aromatic rings. The van der Waals surface area contributed by atoms with Crippen molar-refractivity contribution < 1.29 is 19.4 Å². The zero-order chi connectivity index (χ0) is 15.3. The molecule has 2 rings (SSSR count). The SMILES string of the molecule is COCC[C@@]1(C(=O)O)CCCN(C(=O)Cc2ccsc2)C1. The van der Waals surface area contributed by atoms with E-state index in [1.54, 1.807) is 23.3 Å². The predicted octanol–water partition coefficient (Wildman–Crippen LogP) is 2.02. The molecule has 0 bridgehead atoms. The van der Waals surface area contributed by atoms with Crippen LogP contribution in [0.5, 0.6) is 0 Å². The van der Waals surface area contributed by atoms with Crippen molar-refractivity contribution in [1.29, 1.82) is 0 Å². The number of carbonyl (C=O) groups is 2. The van der Waals surface area contributed by atoms with E-state index >= 15 is 0 Å². The summed E-state index contributed by atoms with van der Waals surface area (Å²) in [6.45, 7) is 1.33. The van der Waals surface area contributed by atoms with Gasteiger partial charge in [0.15, 0.2) is 0 Å². The minimum Gasteiger partial charge on any atom is -0.481 e. The molecule has 0 spiro atoms. The van der Waals surface area contributed by atoms with Gasteiger partial charge in [-0.3, -0.25) is 9.59 Å². The summed E-state index contributed by atoms with van der Waals surface area (Å²) < 4.78 is 5.04. The predicted molar refractivity (Wildman–Crippen MR) is 80.4 cm³/mol. The molecule has 0 saturated carbocycles. The molecule has 0 unspecified atom stereocenters. The van der Waals surface area contributed by atoms with E-state index < -0.39 is 11.4 Å². The third kappa shape index (κ3) is 3.83. The molecule has 1 N–H and O–H groups in total. The van der Waals surface area contributed by atoms with Crippen molar-refractivity contribution in [2.45, 2.75) is 25.7 Å². The molecule has 21 heavy (non-hydrogen) atoms. The molecule has 1 aliphatic heterocycles. The summed E-state index contributed by atoms with van der Waals surface area (Å²) in [6, 6.07) is 1.93. The van der Waals surface area contributed by atoms with Gasteiger partial charge in [0.1, 0.15) is 0 Å². The number of hydrogen-bond acceptors (Lipinski definition) is 4. The van der Waals surface area contributed by atoms with Crippen molar-refractivity contribution in [3.05, 3.63) is 22.4 Å². The largest absolute Gasteiger partial charge is 0.481 e. The highest BCUT2D eigenvalue weighted by Crippen LogP contribution is 2.34. The lowest BCUT2D eigenvalue weighted by Crippen LogP contribution is -2.50. The summed E-state index contributed by atoms with van der Waals surface area (Å²) in [7, 11) is 1.57. The molecule has 0 aliphatic carbocycles. The average Bonchev–Trinajstić information content (AvgIpc) is 2.98. The Morgan fingerprint density at radius 2 is 2.33 bits per heavy atom. The van der Waals surface area contributed by atoms with Gasteiger partial charge >= 0.3 is 5.97 Å². The van der Waals surface area contributed by atoms with Gasteiger partial charge < -0.3 is 14.7 Å². The number of rotatable bonds is 6. The number of carbonyl (C=O) groups excluding carboxylic acids is 1. The van der Waals surface area contributed by atoms with E-state index in [9.17, 15) is 14.7 Å². The van der Waals surface area contributed by atoms with Crippen LogP contribution in [0.25, 0.3) is 0 Å². The first kappa shape index (κ1) is 16.0. The zero-order valence-corrected chi connectivity index (χ0v) is 13.0. The van der Waals surface area contributed by atoms with E-state index in [-0.39, 0.29) is 12.5 Å². The molecular weight excluding hydrogens is 290 g/mol. The normalized spacial score (nSPS) is 22.2. The summed E-state index contributed by atoms with van der Waals surface area (Å²) >= 11 is 1.56. The summed E-state index contributed by atoms with van der Waals surface area (Å²) in [4.78, 5) is 25.7. The molecule has 1 saturated heterocycles. The molecule has 5 nitrogen and oxygen atoms in total. The second kappa shape index (κ2) is 7.04. The lowest BCUT2D eigenvalue weighted by atomic mass is 9.77.